The SMILES string of the molecule is CN=C(NCc1cccc(NC(=O)Cn2cccn2)c1)N1CC(C)CC(C)C1.I. The second kappa shape index (κ2) is 11.2. The number of nitrogens with one attached hydrogen (secondary N) is 2. The third kappa shape index (κ3) is 7.02. The molecular formula is C21H31IN6O. The molecule has 1 aromatic heterocycles. The van der Waals surface area contributed by atoms with Crippen LogP contribution in [0.2, 0.25) is 0 Å². The number of amides is 1. The molecule has 29 heavy (non-hydrogen) atoms. The number of benzene rings is 1. The topological polar surface area (TPSA) is 74.5 Å². The van der Waals surface area contributed by atoms with Crippen LogP contribution < -0.4 is 10.6 Å². The number of anilines is 1. The molecule has 0 radical (unpaired) electrons. The molecule has 0 spiro atoms. The number of hydrogen-bond donors (Lipinski definition) is 2. The number of likely N-dealkylation sites (tertiary alicyclic amines) is 1. The van der Waals surface area contributed by atoms with Crippen LogP contribution in [0.1, 0.15) is 25.8 Å². The summed E-state index contributed by atoms with van der Waals surface area (Å²) in [6.45, 7) is 7.53. The number of halogens is 1. The van der Waals surface area contributed by atoms with Crippen molar-refractivity contribution in [1.82, 2.24) is 20.0 Å². The monoisotopic (exact) mass is 510 g/mol. The Balaban J connectivity index is 0.00000300. The van der Waals surface area contributed by atoms with Crippen molar-refractivity contribution in [3.63, 3.8) is 0 Å². The molecule has 1 aromatic carbocycles. The van der Waals surface area contributed by atoms with Gasteiger partial charge in [-0.25, -0.2) is 0 Å². The number of carbonyl (C=O) groups excluding carboxylic acids is 1. The van der Waals surface area contributed by atoms with Crippen molar-refractivity contribution in [2.24, 2.45) is 16.8 Å². The standard InChI is InChI=1S/C21H30N6O.HI/c1-16-10-17(2)14-26(13-16)21(22-3)23-12-18-6-4-7-19(11-18)25-20(28)15-27-9-5-8-24-27;/h4-9,11,16-17H,10,12-15H2,1-3H3,(H,22,23)(H,25,28);1H. The van der Waals surface area contributed by atoms with Gasteiger partial charge in [0.1, 0.15) is 6.54 Å². The Hall–Kier alpha value is -2.10. The molecule has 1 fully saturated rings. The van der Waals surface area contributed by atoms with Gasteiger partial charge in [-0.3, -0.25) is 14.5 Å². The van der Waals surface area contributed by atoms with E-state index in [0.717, 1.165) is 30.3 Å². The second-order valence-corrected chi connectivity index (χ2v) is 7.70. The second-order valence-electron chi connectivity index (χ2n) is 7.70. The maximum Gasteiger partial charge on any atom is 0.246 e. The lowest BCUT2D eigenvalue weighted by molar-refractivity contribution is -0.116. The Kier molecular flexibility index (Phi) is 8.94. The number of aliphatic imine (C=N–C) groups is 1. The summed E-state index contributed by atoms with van der Waals surface area (Å²) in [5.41, 5.74) is 1.88. The van der Waals surface area contributed by atoms with Gasteiger partial charge < -0.3 is 15.5 Å². The Morgan fingerprint density at radius 1 is 1.24 bits per heavy atom. The lowest BCUT2D eigenvalue weighted by atomic mass is 9.92. The number of nitrogens with zero attached hydrogens (tertiary/aromatic N) is 4. The van der Waals surface area contributed by atoms with Crippen molar-refractivity contribution in [2.45, 2.75) is 33.4 Å². The van der Waals surface area contributed by atoms with Crippen molar-refractivity contribution in [1.29, 1.82) is 0 Å². The number of guanidine groups is 1. The Morgan fingerprint density at radius 3 is 2.66 bits per heavy atom. The van der Waals surface area contributed by atoms with Crippen molar-refractivity contribution in [3.05, 3.63) is 48.3 Å². The first kappa shape index (κ1) is 23.2. The molecule has 2 N–H and O–H groups in total. The molecule has 0 bridgehead atoms. The normalized spacial score (nSPS) is 19.4. The molecule has 8 heteroatoms. The minimum Gasteiger partial charge on any atom is -0.352 e. The minimum atomic E-state index is -0.0964. The Bertz CT molecular complexity index is 797. The van der Waals surface area contributed by atoms with Gasteiger partial charge in [0.05, 0.1) is 0 Å². The number of rotatable bonds is 5. The van der Waals surface area contributed by atoms with E-state index in [1.54, 1.807) is 23.1 Å². The number of hydrogen-bond acceptors (Lipinski definition) is 3. The van der Waals surface area contributed by atoms with Crippen LogP contribution in [0, 0.1) is 11.8 Å². The highest BCUT2D eigenvalue weighted by molar-refractivity contribution is 14.0. The van der Waals surface area contributed by atoms with Gasteiger partial charge in [0.15, 0.2) is 5.96 Å². The van der Waals surface area contributed by atoms with Gasteiger partial charge in [-0.2, -0.15) is 5.10 Å². The molecule has 0 saturated carbocycles. The molecule has 158 valence electrons. The van der Waals surface area contributed by atoms with Crippen molar-refractivity contribution < 1.29 is 4.79 Å². The van der Waals surface area contributed by atoms with Crippen LogP contribution in [0.5, 0.6) is 0 Å². The zero-order valence-corrected chi connectivity index (χ0v) is 19.7. The van der Waals surface area contributed by atoms with Gasteiger partial charge in [-0.15, -0.1) is 24.0 Å². The molecule has 1 saturated heterocycles. The van der Waals surface area contributed by atoms with E-state index in [2.05, 4.69) is 39.5 Å². The molecule has 1 aliphatic heterocycles. The van der Waals surface area contributed by atoms with Crippen LogP contribution in [0.3, 0.4) is 0 Å². The highest BCUT2D eigenvalue weighted by atomic mass is 127. The first-order valence-corrected chi connectivity index (χ1v) is 9.85. The average molecular weight is 510 g/mol. The van der Waals surface area contributed by atoms with Crippen LogP contribution in [0.25, 0.3) is 0 Å². The summed E-state index contributed by atoms with van der Waals surface area (Å²) in [7, 11) is 1.83. The molecule has 2 unspecified atom stereocenters. The molecule has 0 aliphatic carbocycles. The summed E-state index contributed by atoms with van der Waals surface area (Å²) in [4.78, 5) is 19.0. The van der Waals surface area contributed by atoms with Gasteiger partial charge in [-0.1, -0.05) is 26.0 Å². The van der Waals surface area contributed by atoms with Gasteiger partial charge in [0.2, 0.25) is 5.91 Å². The van der Waals surface area contributed by atoms with Crippen LogP contribution in [0.15, 0.2) is 47.7 Å². The summed E-state index contributed by atoms with van der Waals surface area (Å²) in [6.07, 6.45) is 4.71. The van der Waals surface area contributed by atoms with E-state index >= 15 is 0 Å². The third-order valence-corrected chi connectivity index (χ3v) is 4.91. The summed E-state index contributed by atoms with van der Waals surface area (Å²) < 4.78 is 1.60. The van der Waals surface area contributed by atoms with Gasteiger partial charge in [-0.05, 0) is 42.0 Å². The maximum atomic E-state index is 12.2. The molecule has 1 aliphatic rings. The molecule has 2 heterocycles. The van der Waals surface area contributed by atoms with E-state index in [4.69, 9.17) is 0 Å². The van der Waals surface area contributed by atoms with Crippen LogP contribution >= 0.6 is 24.0 Å². The smallest absolute Gasteiger partial charge is 0.246 e. The fourth-order valence-corrected chi connectivity index (χ4v) is 3.85. The summed E-state index contributed by atoms with van der Waals surface area (Å²) in [5, 5.41) is 10.4. The molecular weight excluding hydrogens is 479 g/mol. The Labute approximate surface area is 190 Å². The fourth-order valence-electron chi connectivity index (χ4n) is 3.85. The van der Waals surface area contributed by atoms with Crippen LogP contribution in [0.4, 0.5) is 5.69 Å². The number of carbonyl (C=O) groups is 1. The summed E-state index contributed by atoms with van der Waals surface area (Å²) in [5.74, 6) is 2.19. The molecule has 3 rings (SSSR count). The van der Waals surface area contributed by atoms with Gasteiger partial charge in [0, 0.05) is 44.8 Å². The highest BCUT2D eigenvalue weighted by Gasteiger charge is 2.23. The van der Waals surface area contributed by atoms with Crippen LogP contribution in [-0.4, -0.2) is 46.7 Å². The summed E-state index contributed by atoms with van der Waals surface area (Å²) in [6, 6.07) is 9.69. The zero-order chi connectivity index (χ0) is 19.9. The van der Waals surface area contributed by atoms with Gasteiger partial charge in [0.25, 0.3) is 0 Å². The molecule has 2 atom stereocenters. The highest BCUT2D eigenvalue weighted by Crippen LogP contribution is 2.21. The lowest BCUT2D eigenvalue weighted by Crippen LogP contribution is -2.48. The largest absolute Gasteiger partial charge is 0.352 e. The van der Waals surface area contributed by atoms with Crippen molar-refractivity contribution in [3.8, 4) is 0 Å². The van der Waals surface area contributed by atoms with E-state index in [1.165, 1.54) is 6.42 Å². The van der Waals surface area contributed by atoms with Crippen LogP contribution in [-0.2, 0) is 17.9 Å². The van der Waals surface area contributed by atoms with E-state index < -0.39 is 0 Å². The summed E-state index contributed by atoms with van der Waals surface area (Å²) >= 11 is 0. The first-order valence-electron chi connectivity index (χ1n) is 9.85. The predicted molar refractivity (Wildman–Crippen MR) is 127 cm³/mol. The average Bonchev–Trinajstić information content (AvgIpc) is 3.14. The van der Waals surface area contributed by atoms with E-state index in [1.807, 2.05) is 31.3 Å². The van der Waals surface area contributed by atoms with E-state index in [9.17, 15) is 4.79 Å². The number of piperidine rings is 1. The predicted octanol–water partition coefficient (Wildman–Crippen LogP) is 3.19. The zero-order valence-electron chi connectivity index (χ0n) is 17.3. The fraction of sp³-hybridized carbons (Fsp3) is 0.476. The quantitative estimate of drug-likeness (QED) is 0.368. The van der Waals surface area contributed by atoms with E-state index in [-0.39, 0.29) is 36.4 Å². The number of aromatic nitrogens is 2. The lowest BCUT2D eigenvalue weighted by Gasteiger charge is -2.37. The third-order valence-electron chi connectivity index (χ3n) is 4.91. The first-order chi connectivity index (χ1) is 13.5. The van der Waals surface area contributed by atoms with Crippen molar-refractivity contribution in [2.75, 3.05) is 25.5 Å². The molecule has 2 aromatic rings. The minimum absolute atomic E-state index is 0. The van der Waals surface area contributed by atoms with E-state index in [0.29, 0.717) is 18.4 Å². The molecule has 7 nitrogen and oxygen atoms in total. The molecule has 1 amide bonds. The Morgan fingerprint density at radius 2 is 2.00 bits per heavy atom. The maximum absolute atomic E-state index is 12.2. The van der Waals surface area contributed by atoms with Gasteiger partial charge >= 0.3 is 0 Å². The van der Waals surface area contributed by atoms with Crippen molar-refractivity contribution >= 4 is 41.5 Å².